The van der Waals surface area contributed by atoms with Gasteiger partial charge in [0.25, 0.3) is 0 Å². The SMILES string of the molecule is Cc1nn(-c2ccc(F)cc2)c(C)c1CNc1cc(C2CCOC2)ncn1. The van der Waals surface area contributed by atoms with Crippen LogP contribution in [0.25, 0.3) is 5.69 Å². The molecule has 0 radical (unpaired) electrons. The van der Waals surface area contributed by atoms with Gasteiger partial charge in [0.15, 0.2) is 0 Å². The third-order valence-corrected chi connectivity index (χ3v) is 4.99. The van der Waals surface area contributed by atoms with Gasteiger partial charge < -0.3 is 10.1 Å². The number of hydrogen-bond acceptors (Lipinski definition) is 5. The number of nitrogens with zero attached hydrogens (tertiary/aromatic N) is 4. The van der Waals surface area contributed by atoms with Crippen LogP contribution in [-0.2, 0) is 11.3 Å². The Labute approximate surface area is 157 Å². The molecule has 0 spiro atoms. The lowest BCUT2D eigenvalue weighted by Crippen LogP contribution is -2.07. The molecule has 1 aliphatic rings. The van der Waals surface area contributed by atoms with Crippen LogP contribution in [0.1, 0.15) is 35.0 Å². The number of halogens is 1. The standard InChI is InChI=1S/C20H22FN5O/c1-13-18(14(2)26(25-13)17-5-3-16(21)4-6-17)10-22-20-9-19(23-12-24-20)15-7-8-27-11-15/h3-6,9,12,15H,7-8,10-11H2,1-2H3,(H,22,23,24). The maximum absolute atomic E-state index is 13.2. The van der Waals surface area contributed by atoms with Crippen molar-refractivity contribution < 1.29 is 9.13 Å². The van der Waals surface area contributed by atoms with E-state index in [0.29, 0.717) is 12.5 Å². The highest BCUT2D eigenvalue weighted by Crippen LogP contribution is 2.25. The van der Waals surface area contributed by atoms with Gasteiger partial charge in [-0.05, 0) is 44.5 Å². The van der Waals surface area contributed by atoms with E-state index in [9.17, 15) is 4.39 Å². The molecule has 1 fully saturated rings. The Morgan fingerprint density at radius 1 is 1.22 bits per heavy atom. The fourth-order valence-corrected chi connectivity index (χ4v) is 3.40. The number of rotatable bonds is 5. The van der Waals surface area contributed by atoms with Gasteiger partial charge in [0.1, 0.15) is 18.0 Å². The number of ether oxygens (including phenoxy) is 1. The first-order valence-corrected chi connectivity index (χ1v) is 9.06. The molecule has 0 bridgehead atoms. The molecule has 6 nitrogen and oxygen atoms in total. The molecular weight excluding hydrogens is 345 g/mol. The van der Waals surface area contributed by atoms with E-state index in [1.807, 2.05) is 24.6 Å². The molecule has 2 aromatic heterocycles. The van der Waals surface area contributed by atoms with Gasteiger partial charge in [-0.2, -0.15) is 5.10 Å². The third kappa shape index (κ3) is 3.68. The Bertz CT molecular complexity index is 932. The van der Waals surface area contributed by atoms with Crippen LogP contribution in [0.3, 0.4) is 0 Å². The zero-order valence-corrected chi connectivity index (χ0v) is 15.4. The zero-order valence-electron chi connectivity index (χ0n) is 15.4. The summed E-state index contributed by atoms with van der Waals surface area (Å²) in [5.41, 5.74) is 4.91. The summed E-state index contributed by atoms with van der Waals surface area (Å²) in [5.74, 6) is 0.882. The fourth-order valence-electron chi connectivity index (χ4n) is 3.40. The van der Waals surface area contributed by atoms with Gasteiger partial charge in [0, 0.05) is 36.4 Å². The van der Waals surface area contributed by atoms with E-state index < -0.39 is 0 Å². The van der Waals surface area contributed by atoms with Crippen molar-refractivity contribution in [2.24, 2.45) is 0 Å². The minimum absolute atomic E-state index is 0.255. The Hall–Kier alpha value is -2.80. The molecule has 1 unspecified atom stereocenters. The molecule has 3 aromatic rings. The van der Waals surface area contributed by atoms with Crippen molar-refractivity contribution >= 4 is 5.82 Å². The van der Waals surface area contributed by atoms with Crippen LogP contribution in [0.5, 0.6) is 0 Å². The van der Waals surface area contributed by atoms with E-state index in [1.54, 1.807) is 18.5 Å². The van der Waals surface area contributed by atoms with Crippen LogP contribution < -0.4 is 5.32 Å². The number of anilines is 1. The number of aryl methyl sites for hydroxylation is 1. The van der Waals surface area contributed by atoms with E-state index >= 15 is 0 Å². The highest BCUT2D eigenvalue weighted by atomic mass is 19.1. The summed E-state index contributed by atoms with van der Waals surface area (Å²) in [6.45, 7) is 6.11. The van der Waals surface area contributed by atoms with Crippen molar-refractivity contribution in [3.05, 3.63) is 65.1 Å². The lowest BCUT2D eigenvalue weighted by molar-refractivity contribution is 0.193. The summed E-state index contributed by atoms with van der Waals surface area (Å²) >= 11 is 0. The number of hydrogen-bond donors (Lipinski definition) is 1. The summed E-state index contributed by atoms with van der Waals surface area (Å²) in [5, 5.41) is 7.98. The molecule has 1 atom stereocenters. The van der Waals surface area contributed by atoms with Crippen LogP contribution >= 0.6 is 0 Å². The van der Waals surface area contributed by atoms with Crippen LogP contribution in [0.2, 0.25) is 0 Å². The maximum Gasteiger partial charge on any atom is 0.129 e. The molecule has 4 rings (SSSR count). The minimum Gasteiger partial charge on any atom is -0.381 e. The maximum atomic E-state index is 13.2. The minimum atomic E-state index is -0.255. The summed E-state index contributed by atoms with van der Waals surface area (Å²) in [6.07, 6.45) is 2.59. The van der Waals surface area contributed by atoms with Gasteiger partial charge in [-0.15, -0.1) is 0 Å². The van der Waals surface area contributed by atoms with Crippen molar-refractivity contribution in [3.8, 4) is 5.69 Å². The van der Waals surface area contributed by atoms with Crippen molar-refractivity contribution in [2.75, 3.05) is 18.5 Å². The Balaban J connectivity index is 1.52. The van der Waals surface area contributed by atoms with Gasteiger partial charge >= 0.3 is 0 Å². The second-order valence-corrected chi connectivity index (χ2v) is 6.78. The molecule has 1 saturated heterocycles. The monoisotopic (exact) mass is 367 g/mol. The first-order chi connectivity index (χ1) is 13.1. The molecular formula is C20H22FN5O. The Morgan fingerprint density at radius 2 is 2.04 bits per heavy atom. The van der Waals surface area contributed by atoms with Crippen molar-refractivity contribution in [1.82, 2.24) is 19.7 Å². The van der Waals surface area contributed by atoms with Gasteiger partial charge in [0.2, 0.25) is 0 Å². The largest absolute Gasteiger partial charge is 0.381 e. The van der Waals surface area contributed by atoms with Crippen molar-refractivity contribution in [2.45, 2.75) is 32.7 Å². The quantitative estimate of drug-likeness (QED) is 0.747. The predicted octanol–water partition coefficient (Wildman–Crippen LogP) is 3.53. The molecule has 1 N–H and O–H groups in total. The number of nitrogens with one attached hydrogen (secondary N) is 1. The molecule has 1 aromatic carbocycles. The molecule has 27 heavy (non-hydrogen) atoms. The molecule has 3 heterocycles. The van der Waals surface area contributed by atoms with E-state index in [-0.39, 0.29) is 5.82 Å². The topological polar surface area (TPSA) is 64.9 Å². The number of benzene rings is 1. The van der Waals surface area contributed by atoms with E-state index in [2.05, 4.69) is 20.4 Å². The lowest BCUT2D eigenvalue weighted by atomic mass is 10.1. The third-order valence-electron chi connectivity index (χ3n) is 4.99. The van der Waals surface area contributed by atoms with Crippen molar-refractivity contribution in [1.29, 1.82) is 0 Å². The second kappa shape index (κ2) is 7.44. The lowest BCUT2D eigenvalue weighted by Gasteiger charge is -2.10. The first kappa shape index (κ1) is 17.6. The zero-order chi connectivity index (χ0) is 18.8. The van der Waals surface area contributed by atoms with E-state index in [0.717, 1.165) is 53.8 Å². The van der Waals surface area contributed by atoms with Crippen LogP contribution in [-0.4, -0.2) is 33.0 Å². The smallest absolute Gasteiger partial charge is 0.129 e. The van der Waals surface area contributed by atoms with Crippen LogP contribution in [0.15, 0.2) is 36.7 Å². The molecule has 1 aliphatic heterocycles. The molecule has 140 valence electrons. The van der Waals surface area contributed by atoms with Crippen LogP contribution in [0, 0.1) is 19.7 Å². The molecule has 0 saturated carbocycles. The summed E-state index contributed by atoms with van der Waals surface area (Å²) in [4.78, 5) is 8.71. The highest BCUT2D eigenvalue weighted by molar-refractivity contribution is 5.41. The first-order valence-electron chi connectivity index (χ1n) is 9.06. The van der Waals surface area contributed by atoms with Crippen LogP contribution in [0.4, 0.5) is 10.2 Å². The summed E-state index contributed by atoms with van der Waals surface area (Å²) in [7, 11) is 0. The predicted molar refractivity (Wildman–Crippen MR) is 101 cm³/mol. The summed E-state index contributed by atoms with van der Waals surface area (Å²) < 4.78 is 20.5. The van der Waals surface area contributed by atoms with Gasteiger partial charge in [-0.3, -0.25) is 0 Å². The average molecular weight is 367 g/mol. The fraction of sp³-hybridized carbons (Fsp3) is 0.350. The normalized spacial score (nSPS) is 16.6. The molecule has 0 aliphatic carbocycles. The van der Waals surface area contributed by atoms with Gasteiger partial charge in [-0.25, -0.2) is 19.0 Å². The molecule has 7 heteroatoms. The van der Waals surface area contributed by atoms with Crippen molar-refractivity contribution in [3.63, 3.8) is 0 Å². The van der Waals surface area contributed by atoms with E-state index in [4.69, 9.17) is 4.74 Å². The number of aromatic nitrogens is 4. The average Bonchev–Trinajstić information content (AvgIpc) is 3.30. The summed E-state index contributed by atoms with van der Waals surface area (Å²) in [6, 6.07) is 8.34. The van der Waals surface area contributed by atoms with Gasteiger partial charge in [-0.1, -0.05) is 0 Å². The van der Waals surface area contributed by atoms with Gasteiger partial charge in [0.05, 0.1) is 23.7 Å². The Kier molecular flexibility index (Phi) is 4.85. The second-order valence-electron chi connectivity index (χ2n) is 6.78. The Morgan fingerprint density at radius 3 is 2.78 bits per heavy atom. The molecule has 0 amide bonds. The highest BCUT2D eigenvalue weighted by Gasteiger charge is 2.19. The van der Waals surface area contributed by atoms with E-state index in [1.165, 1.54) is 12.1 Å².